The molecule has 0 aliphatic carbocycles. The number of rotatable bonds is 4. The van der Waals surface area contributed by atoms with E-state index in [1.54, 1.807) is 0 Å². The van der Waals surface area contributed by atoms with Crippen LogP contribution in [0.2, 0.25) is 0 Å². The second kappa shape index (κ2) is 5.70. The van der Waals surface area contributed by atoms with Crippen LogP contribution >= 0.6 is 0 Å². The van der Waals surface area contributed by atoms with Gasteiger partial charge in [0.25, 0.3) is 0 Å². The van der Waals surface area contributed by atoms with Crippen LogP contribution in [-0.4, -0.2) is 27.4 Å². The van der Waals surface area contributed by atoms with Gasteiger partial charge >= 0.3 is 5.97 Å². The number of carbonyl (C=O) groups is 1. The molecule has 102 valence electrons. The zero-order valence-electron chi connectivity index (χ0n) is 10.1. The van der Waals surface area contributed by atoms with Crippen LogP contribution in [0, 0.1) is 0 Å². The van der Waals surface area contributed by atoms with Crippen LogP contribution in [0.15, 0.2) is 41.6 Å². The van der Waals surface area contributed by atoms with Gasteiger partial charge in [-0.05, 0) is 29.8 Å². The number of phenolic OH excluding ortho intramolecular Hbond substituents is 1. The van der Waals surface area contributed by atoms with E-state index in [4.69, 9.17) is 10.2 Å². The molecule has 0 spiro atoms. The largest absolute Gasteiger partial charge is 0.872 e. The third-order valence-electron chi connectivity index (χ3n) is 2.41. The average Bonchev–Trinajstić information content (AvgIpc) is 2.41. The van der Waals surface area contributed by atoms with E-state index >= 15 is 0 Å². The number of carboxylic acids is 1. The molecule has 7 heteroatoms. The summed E-state index contributed by atoms with van der Waals surface area (Å²) in [7, 11) is 0. The third-order valence-corrected chi connectivity index (χ3v) is 2.41. The molecule has 0 atom stereocenters. The number of hydrazone groups is 1. The van der Waals surface area contributed by atoms with Crippen LogP contribution < -0.4 is 10.5 Å². The van der Waals surface area contributed by atoms with Gasteiger partial charge in [0.2, 0.25) is 0 Å². The molecular weight excluding hydrogens is 262 g/mol. The normalized spacial score (nSPS) is 10.6. The van der Waals surface area contributed by atoms with Crippen LogP contribution in [0.5, 0.6) is 11.5 Å². The molecule has 0 unspecified atom stereocenters. The Morgan fingerprint density at radius 3 is 2.90 bits per heavy atom. The summed E-state index contributed by atoms with van der Waals surface area (Å²) in [4.78, 5) is 14.8. The Labute approximate surface area is 113 Å². The van der Waals surface area contributed by atoms with Gasteiger partial charge in [0.15, 0.2) is 5.82 Å². The summed E-state index contributed by atoms with van der Waals surface area (Å²) in [6.07, 6.45) is 2.64. The van der Waals surface area contributed by atoms with E-state index in [1.165, 1.54) is 36.7 Å². The molecular formula is C13H10N3O4-. The first-order valence-corrected chi connectivity index (χ1v) is 5.55. The molecule has 0 aliphatic rings. The summed E-state index contributed by atoms with van der Waals surface area (Å²) in [6.45, 7) is 0. The van der Waals surface area contributed by atoms with E-state index in [-0.39, 0.29) is 22.7 Å². The molecule has 0 amide bonds. The summed E-state index contributed by atoms with van der Waals surface area (Å²) < 4.78 is 0. The lowest BCUT2D eigenvalue weighted by Gasteiger charge is -2.09. The number of pyridine rings is 1. The minimum Gasteiger partial charge on any atom is -0.872 e. The number of nitrogens with zero attached hydrogens (tertiary/aromatic N) is 2. The highest BCUT2D eigenvalue weighted by Gasteiger charge is 2.09. The molecule has 0 bridgehead atoms. The molecule has 20 heavy (non-hydrogen) atoms. The zero-order valence-corrected chi connectivity index (χ0v) is 10.1. The molecule has 1 aromatic carbocycles. The van der Waals surface area contributed by atoms with Crippen molar-refractivity contribution in [2.75, 3.05) is 5.43 Å². The number of anilines is 1. The minimum atomic E-state index is -1.13. The number of nitrogens with one attached hydrogen (secondary N) is 1. The summed E-state index contributed by atoms with van der Waals surface area (Å²) in [5.74, 6) is -1.58. The van der Waals surface area contributed by atoms with Crippen molar-refractivity contribution in [2.24, 2.45) is 5.10 Å². The smallest absolute Gasteiger partial charge is 0.339 e. The van der Waals surface area contributed by atoms with E-state index in [1.807, 2.05) is 0 Å². The summed E-state index contributed by atoms with van der Waals surface area (Å²) in [5, 5.41) is 33.3. The number of aromatic carboxylic acids is 1. The van der Waals surface area contributed by atoms with Crippen LogP contribution in [0.4, 0.5) is 5.82 Å². The van der Waals surface area contributed by atoms with E-state index in [9.17, 15) is 9.90 Å². The number of hydrogen-bond donors (Lipinski definition) is 3. The van der Waals surface area contributed by atoms with E-state index in [0.29, 0.717) is 0 Å². The highest BCUT2D eigenvalue weighted by molar-refractivity contribution is 5.93. The Morgan fingerprint density at radius 1 is 1.40 bits per heavy atom. The second-order valence-electron chi connectivity index (χ2n) is 3.80. The van der Waals surface area contributed by atoms with Gasteiger partial charge in [-0.25, -0.2) is 9.78 Å². The quantitative estimate of drug-likeness (QED) is 0.564. The Balaban J connectivity index is 2.16. The topological polar surface area (TPSA) is 118 Å². The fourth-order valence-electron chi connectivity index (χ4n) is 1.46. The van der Waals surface area contributed by atoms with Gasteiger partial charge in [-0.1, -0.05) is 11.8 Å². The van der Waals surface area contributed by atoms with Crippen LogP contribution in [-0.2, 0) is 0 Å². The standard InChI is InChI=1S/C13H11N3O4/c17-9-4-3-8(11(18)6-9)7-15-16-12-10(13(19)20)2-1-5-14-12/h1-7,17-18H,(H,14,16)(H,19,20)/p-1/b15-7+. The number of phenols is 1. The second-order valence-corrected chi connectivity index (χ2v) is 3.80. The summed E-state index contributed by atoms with van der Waals surface area (Å²) in [6, 6.07) is 6.69. The first-order chi connectivity index (χ1) is 9.58. The molecule has 7 nitrogen and oxygen atoms in total. The fraction of sp³-hybridized carbons (Fsp3) is 0. The maximum absolute atomic E-state index is 11.5. The lowest BCUT2D eigenvalue weighted by Crippen LogP contribution is -2.04. The molecule has 0 saturated heterocycles. The average molecular weight is 272 g/mol. The lowest BCUT2D eigenvalue weighted by molar-refractivity contribution is -0.268. The molecule has 1 heterocycles. The van der Waals surface area contributed by atoms with Gasteiger partial charge in [-0.3, -0.25) is 5.43 Å². The van der Waals surface area contributed by atoms with Gasteiger partial charge in [-0.2, -0.15) is 5.10 Å². The summed E-state index contributed by atoms with van der Waals surface area (Å²) in [5.41, 5.74) is 2.68. The van der Waals surface area contributed by atoms with Gasteiger partial charge in [0.1, 0.15) is 11.3 Å². The predicted octanol–water partition coefficient (Wildman–Crippen LogP) is 1.00. The van der Waals surface area contributed by atoms with Crippen LogP contribution in [0.3, 0.4) is 0 Å². The molecule has 3 N–H and O–H groups in total. The molecule has 1 aromatic heterocycles. The van der Waals surface area contributed by atoms with Gasteiger partial charge in [0, 0.05) is 6.20 Å². The van der Waals surface area contributed by atoms with Gasteiger partial charge < -0.3 is 15.3 Å². The van der Waals surface area contributed by atoms with Crippen LogP contribution in [0.1, 0.15) is 15.9 Å². The zero-order chi connectivity index (χ0) is 14.5. The highest BCUT2D eigenvalue weighted by atomic mass is 16.4. The Bertz CT molecular complexity index is 670. The maximum atomic E-state index is 11.5. The van der Waals surface area contributed by atoms with E-state index in [0.717, 1.165) is 6.07 Å². The first-order valence-electron chi connectivity index (χ1n) is 5.55. The van der Waals surface area contributed by atoms with Crippen molar-refractivity contribution < 1.29 is 20.1 Å². The number of carboxylic acid groups (broad SMARTS) is 1. The fourth-order valence-corrected chi connectivity index (χ4v) is 1.46. The number of hydrogen-bond acceptors (Lipinski definition) is 6. The Morgan fingerprint density at radius 2 is 2.20 bits per heavy atom. The van der Waals surface area contributed by atoms with Crippen molar-refractivity contribution >= 4 is 18.0 Å². The van der Waals surface area contributed by atoms with Crippen molar-refractivity contribution in [2.45, 2.75) is 0 Å². The predicted molar refractivity (Wildman–Crippen MR) is 70.0 cm³/mol. The Kier molecular flexibility index (Phi) is 3.80. The highest BCUT2D eigenvalue weighted by Crippen LogP contribution is 2.18. The van der Waals surface area contributed by atoms with E-state index < -0.39 is 11.7 Å². The molecule has 2 rings (SSSR count). The SMILES string of the molecule is O=C(O)c1cccnc1N/N=C/c1ccc(O)cc1[O-]. The van der Waals surface area contributed by atoms with Crippen molar-refractivity contribution in [3.63, 3.8) is 0 Å². The minimum absolute atomic E-state index is 0.0299. The van der Waals surface area contributed by atoms with Crippen molar-refractivity contribution in [1.29, 1.82) is 0 Å². The molecule has 0 saturated carbocycles. The number of benzene rings is 1. The molecule has 0 fully saturated rings. The van der Waals surface area contributed by atoms with Crippen molar-refractivity contribution in [3.8, 4) is 11.5 Å². The third kappa shape index (κ3) is 3.02. The van der Waals surface area contributed by atoms with Crippen molar-refractivity contribution in [3.05, 3.63) is 47.7 Å². The molecule has 0 aliphatic heterocycles. The van der Waals surface area contributed by atoms with Gasteiger partial charge in [-0.15, -0.1) is 0 Å². The monoisotopic (exact) mass is 272 g/mol. The maximum Gasteiger partial charge on any atom is 0.339 e. The van der Waals surface area contributed by atoms with E-state index in [2.05, 4.69) is 15.5 Å². The lowest BCUT2D eigenvalue weighted by atomic mass is 10.2. The number of aromatic nitrogens is 1. The van der Waals surface area contributed by atoms with Gasteiger partial charge in [0.05, 0.1) is 6.21 Å². The Hall–Kier alpha value is -3.09. The van der Waals surface area contributed by atoms with Crippen LogP contribution in [0.25, 0.3) is 0 Å². The first kappa shape index (κ1) is 13.3. The van der Waals surface area contributed by atoms with Crippen molar-refractivity contribution in [1.82, 2.24) is 4.98 Å². The molecule has 2 aromatic rings. The summed E-state index contributed by atoms with van der Waals surface area (Å²) >= 11 is 0. The number of aromatic hydroxyl groups is 1. The molecule has 0 radical (unpaired) electrons.